The lowest BCUT2D eigenvalue weighted by Crippen LogP contribution is -2.46. The third kappa shape index (κ3) is 7.06. The van der Waals surface area contributed by atoms with Crippen molar-refractivity contribution in [3.63, 3.8) is 0 Å². The van der Waals surface area contributed by atoms with Gasteiger partial charge in [0.1, 0.15) is 11.4 Å². The number of hydrogen-bond donors (Lipinski definition) is 2. The van der Waals surface area contributed by atoms with Crippen molar-refractivity contribution in [2.24, 2.45) is 5.92 Å². The maximum atomic E-state index is 13.1. The molecule has 1 aliphatic rings. The van der Waals surface area contributed by atoms with E-state index >= 15 is 0 Å². The highest BCUT2D eigenvalue weighted by molar-refractivity contribution is 5.37. The van der Waals surface area contributed by atoms with Crippen LogP contribution in [0.4, 0.5) is 4.39 Å². The molecule has 0 aromatic heterocycles. The zero-order valence-electron chi connectivity index (χ0n) is 16.8. The summed E-state index contributed by atoms with van der Waals surface area (Å²) in [6, 6.07) is 16.9. The third-order valence-corrected chi connectivity index (χ3v) is 4.68. The number of ether oxygens (including phenoxy) is 1. The van der Waals surface area contributed by atoms with E-state index in [0.717, 1.165) is 18.5 Å². The van der Waals surface area contributed by atoms with Gasteiger partial charge in [0.2, 0.25) is 0 Å². The lowest BCUT2D eigenvalue weighted by Gasteiger charge is -2.36. The molecule has 1 aliphatic heterocycles. The molecule has 0 aliphatic carbocycles. The fourth-order valence-electron chi connectivity index (χ4n) is 3.42. The van der Waals surface area contributed by atoms with Gasteiger partial charge in [-0.25, -0.2) is 4.39 Å². The van der Waals surface area contributed by atoms with Gasteiger partial charge in [-0.3, -0.25) is 4.79 Å². The predicted octanol–water partition coefficient (Wildman–Crippen LogP) is 3.69. The van der Waals surface area contributed by atoms with Crippen LogP contribution in [0, 0.1) is 11.7 Å². The molecule has 0 radical (unpaired) electrons. The first-order valence-corrected chi connectivity index (χ1v) is 9.60. The second-order valence-corrected chi connectivity index (χ2v) is 8.08. The predicted molar refractivity (Wildman–Crippen MR) is 109 cm³/mol. The van der Waals surface area contributed by atoms with Gasteiger partial charge in [0, 0.05) is 12.5 Å². The van der Waals surface area contributed by atoms with E-state index in [0.29, 0.717) is 18.9 Å². The molecule has 152 valence electrons. The van der Waals surface area contributed by atoms with Crippen LogP contribution in [0.3, 0.4) is 0 Å². The molecule has 1 heterocycles. The van der Waals surface area contributed by atoms with E-state index in [9.17, 15) is 14.3 Å². The summed E-state index contributed by atoms with van der Waals surface area (Å²) < 4.78 is 17.7. The van der Waals surface area contributed by atoms with Gasteiger partial charge >= 0.3 is 0 Å². The van der Waals surface area contributed by atoms with E-state index in [1.54, 1.807) is 12.1 Å². The third-order valence-electron chi connectivity index (χ3n) is 4.68. The normalized spacial score (nSPS) is 22.0. The summed E-state index contributed by atoms with van der Waals surface area (Å²) in [5.74, 6) is 0.121. The number of rotatable bonds is 4. The van der Waals surface area contributed by atoms with Gasteiger partial charge in [-0.1, -0.05) is 42.5 Å². The van der Waals surface area contributed by atoms with Crippen LogP contribution >= 0.6 is 0 Å². The van der Waals surface area contributed by atoms with Crippen molar-refractivity contribution in [3.8, 4) is 0 Å². The number of β-amino-alcohol motifs (C(OH)–C–C–N with tert-alkyl or cyclic N) is 1. The molecule has 0 bridgehead atoms. The Kier molecular flexibility index (Phi) is 8.15. The Morgan fingerprint density at radius 2 is 1.75 bits per heavy atom. The molecule has 2 aromatic carbocycles. The van der Waals surface area contributed by atoms with Crippen molar-refractivity contribution >= 4 is 6.47 Å². The molecule has 3 rings (SSSR count). The van der Waals surface area contributed by atoms with E-state index in [4.69, 9.17) is 0 Å². The van der Waals surface area contributed by atoms with Crippen LogP contribution in [0.5, 0.6) is 0 Å². The van der Waals surface area contributed by atoms with Crippen molar-refractivity contribution < 1.29 is 19.0 Å². The highest BCUT2D eigenvalue weighted by Crippen LogP contribution is 2.33. The average molecular weight is 387 g/mol. The molecule has 4 nitrogen and oxygen atoms in total. The number of hydrogen-bond acceptors (Lipinski definition) is 4. The van der Waals surface area contributed by atoms with E-state index < -0.39 is 6.10 Å². The number of benzene rings is 2. The first-order chi connectivity index (χ1) is 13.3. The second kappa shape index (κ2) is 10.3. The van der Waals surface area contributed by atoms with Gasteiger partial charge in [0.25, 0.3) is 6.47 Å². The lowest BCUT2D eigenvalue weighted by molar-refractivity contribution is -0.138. The maximum absolute atomic E-state index is 13.1. The Morgan fingerprint density at radius 1 is 1.11 bits per heavy atom. The number of carbonyl (C=O) groups is 1. The largest absolute Gasteiger partial charge is 0.462 e. The fraction of sp³-hybridized carbons (Fsp3) is 0.435. The van der Waals surface area contributed by atoms with Crippen LogP contribution in [-0.2, 0) is 16.0 Å². The summed E-state index contributed by atoms with van der Waals surface area (Å²) in [5.41, 5.74) is 1.97. The SMILES string of the molecule is CC(C)(C)OC=O.OC1CNCC(Cc2ccccc2)C1c1ccc(F)cc1. The van der Waals surface area contributed by atoms with Gasteiger partial charge < -0.3 is 15.2 Å². The van der Waals surface area contributed by atoms with E-state index in [1.165, 1.54) is 17.7 Å². The van der Waals surface area contributed by atoms with Crippen molar-refractivity contribution in [2.45, 2.75) is 44.8 Å². The summed E-state index contributed by atoms with van der Waals surface area (Å²) in [7, 11) is 0. The summed E-state index contributed by atoms with van der Waals surface area (Å²) in [5, 5.41) is 13.7. The Morgan fingerprint density at radius 3 is 2.29 bits per heavy atom. The van der Waals surface area contributed by atoms with Crippen LogP contribution < -0.4 is 5.32 Å². The van der Waals surface area contributed by atoms with Gasteiger partial charge in [-0.2, -0.15) is 0 Å². The monoisotopic (exact) mass is 387 g/mol. The van der Waals surface area contributed by atoms with Crippen molar-refractivity contribution in [2.75, 3.05) is 13.1 Å². The lowest BCUT2D eigenvalue weighted by atomic mass is 9.76. The van der Waals surface area contributed by atoms with Gasteiger partial charge in [-0.15, -0.1) is 0 Å². The van der Waals surface area contributed by atoms with E-state index in [2.05, 4.69) is 22.2 Å². The number of halogens is 1. The van der Waals surface area contributed by atoms with Crippen LogP contribution in [0.2, 0.25) is 0 Å². The van der Waals surface area contributed by atoms with E-state index in [1.807, 2.05) is 39.0 Å². The van der Waals surface area contributed by atoms with Crippen LogP contribution in [0.1, 0.15) is 37.8 Å². The second-order valence-electron chi connectivity index (χ2n) is 8.08. The number of piperidine rings is 1. The number of aliphatic hydroxyl groups is 1. The summed E-state index contributed by atoms with van der Waals surface area (Å²) >= 11 is 0. The molecule has 0 spiro atoms. The topological polar surface area (TPSA) is 58.6 Å². The van der Waals surface area contributed by atoms with Gasteiger partial charge in [0.15, 0.2) is 0 Å². The first-order valence-electron chi connectivity index (χ1n) is 9.60. The molecule has 5 heteroatoms. The van der Waals surface area contributed by atoms with Gasteiger partial charge in [-0.05, 0) is 62.9 Å². The van der Waals surface area contributed by atoms with Crippen LogP contribution in [0.15, 0.2) is 54.6 Å². The zero-order valence-corrected chi connectivity index (χ0v) is 16.8. The number of aliphatic hydroxyl groups excluding tert-OH is 1. The highest BCUT2D eigenvalue weighted by atomic mass is 19.1. The standard InChI is InChI=1S/C18H20FNO.C5H10O2/c19-16-8-6-14(7-9-16)18-15(11-20-12-17(18)21)10-13-4-2-1-3-5-13;1-5(2,3)7-4-6/h1-9,15,17-18,20-21H,10-12H2;4H,1-3H3. The van der Waals surface area contributed by atoms with Crippen LogP contribution in [0.25, 0.3) is 0 Å². The molecule has 0 amide bonds. The maximum Gasteiger partial charge on any atom is 0.293 e. The molecule has 2 N–H and O–H groups in total. The smallest absolute Gasteiger partial charge is 0.293 e. The molecular formula is C23H30FNO3. The first kappa shape index (κ1) is 22.1. The Bertz CT molecular complexity index is 713. The van der Waals surface area contributed by atoms with E-state index in [-0.39, 0.29) is 17.3 Å². The Balaban J connectivity index is 0.000000345. The minimum Gasteiger partial charge on any atom is -0.462 e. The van der Waals surface area contributed by atoms with Gasteiger partial charge in [0.05, 0.1) is 6.10 Å². The molecule has 28 heavy (non-hydrogen) atoms. The van der Waals surface area contributed by atoms with Crippen LogP contribution in [-0.4, -0.2) is 36.4 Å². The minimum atomic E-state index is -0.432. The molecule has 3 atom stereocenters. The average Bonchev–Trinajstić information content (AvgIpc) is 2.63. The Labute approximate surface area is 166 Å². The number of carbonyl (C=O) groups excluding carboxylic acids is 1. The molecule has 1 saturated heterocycles. The van der Waals surface area contributed by atoms with Crippen molar-refractivity contribution in [1.82, 2.24) is 5.32 Å². The summed E-state index contributed by atoms with van der Waals surface area (Å²) in [4.78, 5) is 9.60. The van der Waals surface area contributed by atoms with Crippen molar-refractivity contribution in [3.05, 3.63) is 71.5 Å². The molecular weight excluding hydrogens is 357 g/mol. The Hall–Kier alpha value is -2.24. The fourth-order valence-corrected chi connectivity index (χ4v) is 3.42. The highest BCUT2D eigenvalue weighted by Gasteiger charge is 2.33. The molecule has 1 fully saturated rings. The molecule has 2 aromatic rings. The quantitative estimate of drug-likeness (QED) is 0.786. The summed E-state index contributed by atoms with van der Waals surface area (Å²) in [6.07, 6.45) is 0.477. The van der Waals surface area contributed by atoms with Crippen molar-refractivity contribution in [1.29, 1.82) is 0 Å². The zero-order chi connectivity index (χ0) is 20.6. The molecule has 3 unspecified atom stereocenters. The minimum absolute atomic E-state index is 0.0482. The summed E-state index contributed by atoms with van der Waals surface area (Å²) in [6.45, 7) is 7.38. The number of nitrogens with one attached hydrogen (secondary N) is 1. The molecule has 0 saturated carbocycles.